The molecule has 1 aliphatic heterocycles. The lowest BCUT2D eigenvalue weighted by atomic mass is 9.99. The molecule has 1 saturated heterocycles. The highest BCUT2D eigenvalue weighted by atomic mass is 79.9. The molecule has 1 unspecified atom stereocenters. The fourth-order valence-corrected chi connectivity index (χ4v) is 2.72. The Bertz CT molecular complexity index is 591. The van der Waals surface area contributed by atoms with Crippen LogP contribution in [0.25, 0.3) is 6.08 Å². The van der Waals surface area contributed by atoms with Crippen molar-refractivity contribution in [3.8, 4) is 0 Å². The predicted octanol–water partition coefficient (Wildman–Crippen LogP) is 2.13. The summed E-state index contributed by atoms with van der Waals surface area (Å²) < 4.78 is 5.97. The van der Waals surface area contributed by atoms with Crippen molar-refractivity contribution >= 4 is 33.9 Å². The van der Waals surface area contributed by atoms with E-state index in [0.717, 1.165) is 15.6 Å². The predicted molar refractivity (Wildman–Crippen MR) is 81.9 cm³/mol. The fourth-order valence-electron chi connectivity index (χ4n) is 2.10. The molecule has 0 bridgehead atoms. The maximum atomic E-state index is 11.9. The third-order valence-electron chi connectivity index (χ3n) is 3.36. The van der Waals surface area contributed by atoms with Crippen LogP contribution in [-0.4, -0.2) is 35.7 Å². The summed E-state index contributed by atoms with van der Waals surface area (Å²) in [6.07, 6.45) is 3.25. The van der Waals surface area contributed by atoms with E-state index < -0.39 is 17.4 Å². The largest absolute Gasteiger partial charge is 0.479 e. The molecule has 6 heteroatoms. The smallest absolute Gasteiger partial charge is 0.331 e. The molecule has 21 heavy (non-hydrogen) atoms. The first-order valence-corrected chi connectivity index (χ1v) is 7.30. The van der Waals surface area contributed by atoms with E-state index in [-0.39, 0.29) is 13.0 Å². The van der Waals surface area contributed by atoms with Gasteiger partial charge in [0.15, 0.2) is 5.54 Å². The van der Waals surface area contributed by atoms with Crippen molar-refractivity contribution < 1.29 is 19.4 Å². The second-order valence-corrected chi connectivity index (χ2v) is 5.89. The number of halogens is 1. The van der Waals surface area contributed by atoms with Crippen molar-refractivity contribution in [2.24, 2.45) is 0 Å². The second kappa shape index (κ2) is 6.41. The number of ether oxygens (including phenoxy) is 1. The highest BCUT2D eigenvalue weighted by Gasteiger charge is 2.43. The summed E-state index contributed by atoms with van der Waals surface area (Å²) in [6, 6.07) is 5.77. The number of carboxylic acids is 1. The van der Waals surface area contributed by atoms with Crippen molar-refractivity contribution in [2.45, 2.75) is 18.9 Å². The summed E-state index contributed by atoms with van der Waals surface area (Å²) >= 11 is 3.42. The first-order chi connectivity index (χ1) is 9.93. The number of aliphatic carboxylic acids is 1. The van der Waals surface area contributed by atoms with Gasteiger partial charge in [-0.3, -0.25) is 4.79 Å². The average molecular weight is 354 g/mol. The molecule has 0 saturated carbocycles. The van der Waals surface area contributed by atoms with Crippen LogP contribution >= 0.6 is 15.9 Å². The molecule has 112 valence electrons. The van der Waals surface area contributed by atoms with Crippen molar-refractivity contribution in [3.63, 3.8) is 0 Å². The summed E-state index contributed by atoms with van der Waals surface area (Å²) in [4.78, 5) is 23.2. The number of nitrogens with one attached hydrogen (secondary N) is 1. The number of carbonyl (C=O) groups is 2. The number of carboxylic acid groups (broad SMARTS) is 1. The van der Waals surface area contributed by atoms with E-state index in [1.165, 1.54) is 6.08 Å². The maximum absolute atomic E-state index is 11.9. The van der Waals surface area contributed by atoms with Crippen LogP contribution in [0.1, 0.15) is 17.5 Å². The Balaban J connectivity index is 2.07. The highest BCUT2D eigenvalue weighted by Crippen LogP contribution is 2.21. The molecule has 1 fully saturated rings. The van der Waals surface area contributed by atoms with Gasteiger partial charge >= 0.3 is 5.97 Å². The van der Waals surface area contributed by atoms with Crippen LogP contribution < -0.4 is 5.32 Å². The Hall–Kier alpha value is -1.66. The van der Waals surface area contributed by atoms with Crippen LogP contribution in [0.2, 0.25) is 0 Å². The zero-order valence-electron chi connectivity index (χ0n) is 11.6. The van der Waals surface area contributed by atoms with E-state index in [1.54, 1.807) is 6.08 Å². The van der Waals surface area contributed by atoms with Gasteiger partial charge in [-0.15, -0.1) is 0 Å². The van der Waals surface area contributed by atoms with Gasteiger partial charge in [-0.25, -0.2) is 4.79 Å². The molecule has 0 aliphatic carbocycles. The quantitative estimate of drug-likeness (QED) is 0.813. The molecule has 2 N–H and O–H groups in total. The molecule has 1 heterocycles. The van der Waals surface area contributed by atoms with Crippen molar-refractivity contribution in [2.75, 3.05) is 13.2 Å². The molecule has 1 aromatic carbocycles. The molecule has 5 nitrogen and oxygen atoms in total. The monoisotopic (exact) mass is 353 g/mol. The number of aryl methyl sites for hydroxylation is 1. The maximum Gasteiger partial charge on any atom is 0.331 e. The highest BCUT2D eigenvalue weighted by molar-refractivity contribution is 9.10. The number of benzene rings is 1. The Morgan fingerprint density at radius 3 is 2.81 bits per heavy atom. The van der Waals surface area contributed by atoms with E-state index in [2.05, 4.69) is 21.2 Å². The lowest BCUT2D eigenvalue weighted by molar-refractivity contribution is -0.147. The van der Waals surface area contributed by atoms with Gasteiger partial charge < -0.3 is 15.2 Å². The van der Waals surface area contributed by atoms with Crippen LogP contribution in [0, 0.1) is 6.92 Å². The number of hydrogen-bond acceptors (Lipinski definition) is 3. The minimum absolute atomic E-state index is 0.00383. The number of carbonyl (C=O) groups excluding carboxylic acids is 1. The average Bonchev–Trinajstić information content (AvgIpc) is 2.87. The Kier molecular flexibility index (Phi) is 4.80. The van der Waals surface area contributed by atoms with Gasteiger partial charge in [0, 0.05) is 23.6 Å². The van der Waals surface area contributed by atoms with Crippen LogP contribution in [0.5, 0.6) is 0 Å². The van der Waals surface area contributed by atoms with Crippen LogP contribution in [0.4, 0.5) is 0 Å². The normalized spacial score (nSPS) is 21.6. The zero-order valence-corrected chi connectivity index (χ0v) is 13.1. The van der Waals surface area contributed by atoms with Gasteiger partial charge in [0.2, 0.25) is 5.91 Å². The Morgan fingerprint density at radius 2 is 2.24 bits per heavy atom. The minimum atomic E-state index is -1.31. The minimum Gasteiger partial charge on any atom is -0.479 e. The summed E-state index contributed by atoms with van der Waals surface area (Å²) in [6.45, 7) is 2.30. The summed E-state index contributed by atoms with van der Waals surface area (Å²) in [7, 11) is 0. The number of amides is 1. The molecule has 1 aromatic rings. The third kappa shape index (κ3) is 3.71. The van der Waals surface area contributed by atoms with Gasteiger partial charge in [0.1, 0.15) is 0 Å². The molecule has 0 aromatic heterocycles. The standard InChI is InChI=1S/C15H16BrNO4/c1-10-2-3-11(12(16)8-10)4-5-13(18)17-15(14(19)20)6-7-21-9-15/h2-5,8H,6-7,9H2,1H3,(H,17,18)(H,19,20). The topological polar surface area (TPSA) is 75.6 Å². The zero-order chi connectivity index (χ0) is 15.5. The van der Waals surface area contributed by atoms with Gasteiger partial charge in [-0.1, -0.05) is 28.1 Å². The Labute approximate surface area is 131 Å². The number of hydrogen-bond donors (Lipinski definition) is 2. The van der Waals surface area contributed by atoms with Crippen molar-refractivity contribution in [1.82, 2.24) is 5.32 Å². The molecule has 1 aliphatic rings. The summed E-state index contributed by atoms with van der Waals surface area (Å²) in [5, 5.41) is 11.8. The van der Waals surface area contributed by atoms with Crippen LogP contribution in [0.3, 0.4) is 0 Å². The molecule has 1 atom stereocenters. The summed E-state index contributed by atoms with van der Waals surface area (Å²) in [5.74, 6) is -1.52. The van der Waals surface area contributed by atoms with Gasteiger partial charge in [-0.2, -0.15) is 0 Å². The first kappa shape index (κ1) is 15.7. The Morgan fingerprint density at radius 1 is 1.48 bits per heavy atom. The van der Waals surface area contributed by atoms with Gasteiger partial charge in [0.05, 0.1) is 6.61 Å². The van der Waals surface area contributed by atoms with Gasteiger partial charge in [0.25, 0.3) is 0 Å². The molecule has 0 radical (unpaired) electrons. The van der Waals surface area contributed by atoms with E-state index in [1.807, 2.05) is 25.1 Å². The fraction of sp³-hybridized carbons (Fsp3) is 0.333. The molecular weight excluding hydrogens is 338 g/mol. The van der Waals surface area contributed by atoms with Crippen LogP contribution in [0.15, 0.2) is 28.7 Å². The lowest BCUT2D eigenvalue weighted by Gasteiger charge is -2.22. The van der Waals surface area contributed by atoms with E-state index >= 15 is 0 Å². The number of rotatable bonds is 4. The van der Waals surface area contributed by atoms with E-state index in [9.17, 15) is 14.7 Å². The lowest BCUT2D eigenvalue weighted by Crippen LogP contribution is -2.54. The van der Waals surface area contributed by atoms with E-state index in [0.29, 0.717) is 6.61 Å². The summed E-state index contributed by atoms with van der Waals surface area (Å²) in [5.41, 5.74) is 0.644. The molecule has 2 rings (SSSR count). The SMILES string of the molecule is Cc1ccc(C=CC(=O)NC2(C(=O)O)CCOC2)c(Br)c1. The van der Waals surface area contributed by atoms with Crippen molar-refractivity contribution in [1.29, 1.82) is 0 Å². The molecule has 0 spiro atoms. The van der Waals surface area contributed by atoms with Crippen LogP contribution in [-0.2, 0) is 14.3 Å². The third-order valence-corrected chi connectivity index (χ3v) is 4.05. The second-order valence-electron chi connectivity index (χ2n) is 5.04. The van der Waals surface area contributed by atoms with Crippen molar-refractivity contribution in [3.05, 3.63) is 39.9 Å². The van der Waals surface area contributed by atoms with Gasteiger partial charge in [-0.05, 0) is 30.2 Å². The van der Waals surface area contributed by atoms with E-state index in [4.69, 9.17) is 4.74 Å². The molecule has 1 amide bonds. The first-order valence-electron chi connectivity index (χ1n) is 6.50. The molecular formula is C15H16BrNO4.